The van der Waals surface area contributed by atoms with Crippen LogP contribution in [0.2, 0.25) is 0 Å². The van der Waals surface area contributed by atoms with Crippen LogP contribution in [0.5, 0.6) is 5.75 Å². The molecule has 1 aromatic carbocycles. The molecule has 0 amide bonds. The minimum absolute atomic E-state index is 0.000834. The van der Waals surface area contributed by atoms with Crippen molar-refractivity contribution in [1.82, 2.24) is 0 Å². The first-order valence-electron chi connectivity index (χ1n) is 9.18. The Morgan fingerprint density at radius 2 is 1.93 bits per heavy atom. The van der Waals surface area contributed by atoms with E-state index in [1.165, 1.54) is 30.3 Å². The maximum atomic E-state index is 12.8. The lowest BCUT2D eigenvalue weighted by molar-refractivity contribution is -0.384. The third-order valence-corrected chi connectivity index (χ3v) is 5.89. The van der Waals surface area contributed by atoms with Crippen molar-refractivity contribution in [3.63, 3.8) is 0 Å². The van der Waals surface area contributed by atoms with Crippen LogP contribution < -0.4 is 4.74 Å². The van der Waals surface area contributed by atoms with Gasteiger partial charge in [0.25, 0.3) is 11.5 Å². The molecule has 1 aromatic rings. The molecule has 1 unspecified atom stereocenters. The van der Waals surface area contributed by atoms with E-state index >= 15 is 0 Å². The molecule has 30 heavy (non-hydrogen) atoms. The molecule has 4 rings (SSSR count). The molecule has 1 atom stereocenters. The molecule has 160 valence electrons. The van der Waals surface area contributed by atoms with Crippen LogP contribution in [-0.4, -0.2) is 34.8 Å². The largest absolute Gasteiger partial charge is 0.452 e. The molecular weight excluding hydrogens is 424 g/mol. The Bertz CT molecular complexity index is 910. The number of ether oxygens (including phenoxy) is 4. The normalized spacial score (nSPS) is 22.1. The number of nitro benzene ring substituents is 1. The number of non-ortho nitro benzene ring substituents is 1. The van der Waals surface area contributed by atoms with Crippen molar-refractivity contribution in [2.45, 2.75) is 31.7 Å². The van der Waals surface area contributed by atoms with E-state index in [1.54, 1.807) is 11.8 Å². The number of nitro groups is 1. The van der Waals surface area contributed by atoms with Crippen molar-refractivity contribution in [1.29, 1.82) is 0 Å². The van der Waals surface area contributed by atoms with Crippen LogP contribution in [0.25, 0.3) is 0 Å². The smallest absolute Gasteiger partial charge is 0.387 e. The number of nitrogens with zero attached hydrogens (tertiary/aromatic N) is 1. The van der Waals surface area contributed by atoms with Crippen LogP contribution >= 0.6 is 11.8 Å². The number of rotatable bonds is 5. The Kier molecular flexibility index (Phi) is 5.54. The minimum atomic E-state index is -3.05. The molecule has 11 heteroatoms. The molecule has 1 spiro atoms. The highest BCUT2D eigenvalue weighted by Gasteiger charge is 2.50. The lowest BCUT2D eigenvalue weighted by Gasteiger charge is -2.32. The second kappa shape index (κ2) is 8.13. The molecular formula is C19H17F2NO7S. The molecule has 0 radical (unpaired) electrons. The van der Waals surface area contributed by atoms with E-state index in [0.717, 1.165) is 11.5 Å². The predicted molar refractivity (Wildman–Crippen MR) is 100 cm³/mol. The Morgan fingerprint density at radius 1 is 1.23 bits per heavy atom. The van der Waals surface area contributed by atoms with Crippen molar-refractivity contribution in [2.24, 2.45) is 5.92 Å². The van der Waals surface area contributed by atoms with E-state index in [4.69, 9.17) is 14.2 Å². The van der Waals surface area contributed by atoms with Crippen molar-refractivity contribution >= 4 is 23.4 Å². The lowest BCUT2D eigenvalue weighted by atomic mass is 9.96. The number of thioether (sulfide) groups is 1. The van der Waals surface area contributed by atoms with E-state index in [-0.39, 0.29) is 35.1 Å². The molecule has 2 heterocycles. The highest BCUT2D eigenvalue weighted by atomic mass is 32.2. The average molecular weight is 441 g/mol. The molecule has 1 fully saturated rings. The Labute approximate surface area is 174 Å². The van der Waals surface area contributed by atoms with Gasteiger partial charge < -0.3 is 18.9 Å². The highest BCUT2D eigenvalue weighted by molar-refractivity contribution is 7.99. The zero-order valence-electron chi connectivity index (χ0n) is 15.5. The summed E-state index contributed by atoms with van der Waals surface area (Å²) in [6.45, 7) is -3.05. The van der Waals surface area contributed by atoms with Gasteiger partial charge in [0.1, 0.15) is 11.7 Å². The van der Waals surface area contributed by atoms with Gasteiger partial charge in [0.05, 0.1) is 4.92 Å². The number of carbonyl (C=O) groups is 1. The summed E-state index contributed by atoms with van der Waals surface area (Å²) in [6, 6.07) is 5.04. The van der Waals surface area contributed by atoms with Crippen LogP contribution in [0.4, 0.5) is 14.5 Å². The molecule has 1 aliphatic carbocycles. The van der Waals surface area contributed by atoms with Crippen LogP contribution in [0.15, 0.2) is 47.6 Å². The number of halogens is 2. The molecule has 0 saturated carbocycles. The second-order valence-corrected chi connectivity index (χ2v) is 8.05. The first-order valence-corrected chi connectivity index (χ1v) is 10.3. The predicted octanol–water partition coefficient (Wildman–Crippen LogP) is 4.12. The van der Waals surface area contributed by atoms with Crippen molar-refractivity contribution in [3.8, 4) is 5.75 Å². The van der Waals surface area contributed by atoms with Crippen LogP contribution in [0.3, 0.4) is 0 Å². The highest BCUT2D eigenvalue weighted by Crippen LogP contribution is 2.48. The van der Waals surface area contributed by atoms with E-state index < -0.39 is 29.2 Å². The monoisotopic (exact) mass is 441 g/mol. The quantitative estimate of drug-likeness (QED) is 0.291. The summed E-state index contributed by atoms with van der Waals surface area (Å²) < 4.78 is 47.5. The Morgan fingerprint density at radius 3 is 2.57 bits per heavy atom. The maximum absolute atomic E-state index is 12.8. The third kappa shape index (κ3) is 4.07. The van der Waals surface area contributed by atoms with Gasteiger partial charge in [-0.25, -0.2) is 0 Å². The molecule has 0 aromatic heterocycles. The number of esters is 1. The van der Waals surface area contributed by atoms with E-state index in [1.807, 2.05) is 0 Å². The maximum Gasteiger partial charge on any atom is 0.387 e. The fourth-order valence-corrected chi connectivity index (χ4v) is 4.55. The summed E-state index contributed by atoms with van der Waals surface area (Å²) in [4.78, 5) is 23.0. The van der Waals surface area contributed by atoms with Gasteiger partial charge in [-0.1, -0.05) is 0 Å². The second-order valence-electron chi connectivity index (χ2n) is 6.83. The van der Waals surface area contributed by atoms with Gasteiger partial charge in [-0.05, 0) is 24.6 Å². The van der Waals surface area contributed by atoms with E-state index in [2.05, 4.69) is 4.74 Å². The van der Waals surface area contributed by atoms with Gasteiger partial charge in [0, 0.05) is 36.5 Å². The van der Waals surface area contributed by atoms with E-state index in [9.17, 15) is 23.7 Å². The number of hydrogen-bond acceptors (Lipinski definition) is 8. The first-order chi connectivity index (χ1) is 14.4. The number of hydrogen-bond donors (Lipinski definition) is 0. The number of allylic oxidation sites excluding steroid dienone is 1. The lowest BCUT2D eigenvalue weighted by Crippen LogP contribution is -2.36. The Balaban J connectivity index is 1.55. The summed E-state index contributed by atoms with van der Waals surface area (Å²) >= 11 is 1.73. The van der Waals surface area contributed by atoms with Gasteiger partial charge in [-0.2, -0.15) is 20.5 Å². The molecule has 0 N–H and O–H groups in total. The molecule has 8 nitrogen and oxygen atoms in total. The van der Waals surface area contributed by atoms with Crippen LogP contribution in [0, 0.1) is 16.0 Å². The molecule has 0 bridgehead atoms. The summed E-state index contributed by atoms with van der Waals surface area (Å²) in [5.41, 5.74) is -0.140. The zero-order chi connectivity index (χ0) is 21.3. The third-order valence-electron chi connectivity index (χ3n) is 4.91. The van der Waals surface area contributed by atoms with Gasteiger partial charge in [-0.15, -0.1) is 0 Å². The standard InChI is InChI=1S/C19H17F2NO7S/c20-18(21)27-14-6-5-13(15-16(14)29-19(28-15)7-9-30-10-8-19)17(23)26-12-3-1-11(2-4-12)22(24)25/h1-4,6,13,18H,5,7-10H2. The number of benzene rings is 1. The average Bonchev–Trinajstić information content (AvgIpc) is 3.07. The summed E-state index contributed by atoms with van der Waals surface area (Å²) in [5, 5.41) is 10.7. The fraction of sp³-hybridized carbons (Fsp3) is 0.421. The molecule has 3 aliphatic rings. The first kappa shape index (κ1) is 20.5. The molecule has 2 aliphatic heterocycles. The summed E-state index contributed by atoms with van der Waals surface area (Å²) in [6.07, 6.45) is 2.46. The number of carbonyl (C=O) groups excluding carboxylic acids is 1. The SMILES string of the molecule is O=C(Oc1ccc([N+](=O)[O-])cc1)C1CC=C(OC(F)F)C2=C1OC1(CCSCC1)O2. The Hall–Kier alpha value is -2.82. The van der Waals surface area contributed by atoms with Crippen LogP contribution in [-0.2, 0) is 19.0 Å². The number of alkyl halides is 2. The van der Waals surface area contributed by atoms with Gasteiger partial charge >= 0.3 is 12.6 Å². The molecule has 1 saturated heterocycles. The van der Waals surface area contributed by atoms with Crippen molar-refractivity contribution in [2.75, 3.05) is 11.5 Å². The fourth-order valence-electron chi connectivity index (χ4n) is 3.44. The minimum Gasteiger partial charge on any atom is -0.452 e. The van der Waals surface area contributed by atoms with Gasteiger partial charge in [0.15, 0.2) is 11.5 Å². The summed E-state index contributed by atoms with van der Waals surface area (Å²) in [5.74, 6) is -0.977. The van der Waals surface area contributed by atoms with Crippen LogP contribution in [0.1, 0.15) is 19.3 Å². The topological polar surface area (TPSA) is 97.1 Å². The van der Waals surface area contributed by atoms with Gasteiger partial charge in [-0.3, -0.25) is 14.9 Å². The van der Waals surface area contributed by atoms with Crippen molar-refractivity contribution < 1.29 is 37.4 Å². The van der Waals surface area contributed by atoms with Crippen molar-refractivity contribution in [3.05, 3.63) is 57.7 Å². The zero-order valence-corrected chi connectivity index (χ0v) is 16.4. The van der Waals surface area contributed by atoms with Gasteiger partial charge in [0.2, 0.25) is 5.76 Å². The summed E-state index contributed by atoms with van der Waals surface area (Å²) in [7, 11) is 0. The van der Waals surface area contributed by atoms with E-state index in [0.29, 0.717) is 12.8 Å².